The monoisotopic (exact) mass is 376 g/mol. The fraction of sp³-hybridized carbons (Fsp3) is 0.667. The Labute approximate surface area is 164 Å². The van der Waals surface area contributed by atoms with E-state index in [1.54, 1.807) is 0 Å². The number of rotatable bonds is 10. The fourth-order valence-corrected chi connectivity index (χ4v) is 2.91. The molecule has 0 aliphatic carbocycles. The highest BCUT2D eigenvalue weighted by molar-refractivity contribution is 5.79. The van der Waals surface area contributed by atoms with Crippen molar-refractivity contribution < 1.29 is 9.47 Å². The second kappa shape index (κ2) is 11.8. The molecule has 1 aliphatic heterocycles. The van der Waals surface area contributed by atoms with Crippen molar-refractivity contribution >= 4 is 5.96 Å². The third-order valence-electron chi connectivity index (χ3n) is 4.75. The van der Waals surface area contributed by atoms with Gasteiger partial charge in [0.1, 0.15) is 12.4 Å². The molecular formula is C21H36N4O2. The van der Waals surface area contributed by atoms with Crippen molar-refractivity contribution in [1.29, 1.82) is 0 Å². The number of aliphatic imine (C=N–C) groups is 1. The van der Waals surface area contributed by atoms with E-state index in [0.717, 1.165) is 62.9 Å². The minimum Gasteiger partial charge on any atom is -0.491 e. The van der Waals surface area contributed by atoms with Gasteiger partial charge in [-0.05, 0) is 51.9 Å². The van der Waals surface area contributed by atoms with Gasteiger partial charge in [-0.2, -0.15) is 0 Å². The lowest BCUT2D eigenvalue weighted by atomic mass is 10.1. The summed E-state index contributed by atoms with van der Waals surface area (Å²) in [7, 11) is 2.12. The molecule has 1 aromatic carbocycles. The minimum absolute atomic E-state index is 0.219. The third kappa shape index (κ3) is 7.77. The van der Waals surface area contributed by atoms with Crippen LogP contribution < -0.4 is 15.4 Å². The summed E-state index contributed by atoms with van der Waals surface area (Å²) in [4.78, 5) is 7.01. The quantitative estimate of drug-likeness (QED) is 0.485. The highest BCUT2D eigenvalue weighted by atomic mass is 16.5. The van der Waals surface area contributed by atoms with Gasteiger partial charge in [-0.25, -0.2) is 4.99 Å². The number of guanidine groups is 1. The smallest absolute Gasteiger partial charge is 0.191 e. The van der Waals surface area contributed by atoms with Gasteiger partial charge in [-0.15, -0.1) is 0 Å². The molecule has 0 aromatic heterocycles. The Morgan fingerprint density at radius 2 is 2.19 bits per heavy atom. The number of hydrogen-bond donors (Lipinski definition) is 2. The van der Waals surface area contributed by atoms with Gasteiger partial charge in [0.25, 0.3) is 0 Å². The zero-order valence-corrected chi connectivity index (χ0v) is 17.4. The van der Waals surface area contributed by atoms with Crippen molar-refractivity contribution in [2.24, 2.45) is 4.99 Å². The SMILES string of the molecule is CCNC(=NCc1ccc(C)cc1OCC1CCCO1)NCCN(C)CC. The predicted octanol–water partition coefficient (Wildman–Crippen LogP) is 2.56. The van der Waals surface area contributed by atoms with Crippen molar-refractivity contribution in [2.75, 3.05) is 46.4 Å². The molecule has 152 valence electrons. The fourth-order valence-electron chi connectivity index (χ4n) is 2.91. The molecule has 0 radical (unpaired) electrons. The molecule has 27 heavy (non-hydrogen) atoms. The predicted molar refractivity (Wildman–Crippen MR) is 112 cm³/mol. The van der Waals surface area contributed by atoms with E-state index >= 15 is 0 Å². The van der Waals surface area contributed by atoms with Crippen molar-refractivity contribution in [3.63, 3.8) is 0 Å². The molecule has 0 bridgehead atoms. The number of nitrogens with one attached hydrogen (secondary N) is 2. The Bertz CT molecular complexity index is 586. The van der Waals surface area contributed by atoms with Gasteiger partial charge in [-0.1, -0.05) is 19.1 Å². The number of hydrogen-bond acceptors (Lipinski definition) is 4. The maximum Gasteiger partial charge on any atom is 0.191 e. The summed E-state index contributed by atoms with van der Waals surface area (Å²) in [6, 6.07) is 6.31. The third-order valence-corrected chi connectivity index (χ3v) is 4.75. The van der Waals surface area contributed by atoms with E-state index in [4.69, 9.17) is 14.5 Å². The second-order valence-corrected chi connectivity index (χ2v) is 7.08. The Kier molecular flexibility index (Phi) is 9.42. The Hall–Kier alpha value is -1.79. The van der Waals surface area contributed by atoms with Crippen LogP contribution in [0, 0.1) is 6.92 Å². The molecule has 1 fully saturated rings. The molecule has 0 spiro atoms. The molecule has 0 saturated carbocycles. The molecule has 1 aliphatic rings. The van der Waals surface area contributed by atoms with E-state index in [9.17, 15) is 0 Å². The molecule has 2 rings (SSSR count). The first kappa shape index (κ1) is 21.5. The Morgan fingerprint density at radius 1 is 1.33 bits per heavy atom. The summed E-state index contributed by atoms with van der Waals surface area (Å²) in [5.74, 6) is 1.75. The number of nitrogens with zero attached hydrogens (tertiary/aromatic N) is 2. The molecule has 1 heterocycles. The topological polar surface area (TPSA) is 58.1 Å². The lowest BCUT2D eigenvalue weighted by molar-refractivity contribution is 0.0676. The summed E-state index contributed by atoms with van der Waals surface area (Å²) in [5.41, 5.74) is 2.29. The van der Waals surface area contributed by atoms with Crippen LogP contribution in [-0.2, 0) is 11.3 Å². The van der Waals surface area contributed by atoms with Crippen LogP contribution in [0.25, 0.3) is 0 Å². The zero-order chi connectivity index (χ0) is 19.5. The van der Waals surface area contributed by atoms with Crippen LogP contribution in [0.3, 0.4) is 0 Å². The largest absolute Gasteiger partial charge is 0.491 e. The molecule has 1 aromatic rings. The number of ether oxygens (including phenoxy) is 2. The van der Waals surface area contributed by atoms with Gasteiger partial charge in [0.2, 0.25) is 0 Å². The maximum atomic E-state index is 6.08. The maximum absolute atomic E-state index is 6.08. The van der Waals surface area contributed by atoms with E-state index in [-0.39, 0.29) is 6.10 Å². The van der Waals surface area contributed by atoms with E-state index in [0.29, 0.717) is 13.2 Å². The van der Waals surface area contributed by atoms with Gasteiger partial charge in [0, 0.05) is 31.8 Å². The van der Waals surface area contributed by atoms with Gasteiger partial charge in [-0.3, -0.25) is 0 Å². The average molecular weight is 377 g/mol. The molecule has 6 nitrogen and oxygen atoms in total. The second-order valence-electron chi connectivity index (χ2n) is 7.08. The lowest BCUT2D eigenvalue weighted by Crippen LogP contribution is -2.40. The summed E-state index contributed by atoms with van der Waals surface area (Å²) in [6.07, 6.45) is 2.43. The Morgan fingerprint density at radius 3 is 2.89 bits per heavy atom. The summed E-state index contributed by atoms with van der Waals surface area (Å²) in [6.45, 7) is 12.1. The van der Waals surface area contributed by atoms with E-state index < -0.39 is 0 Å². The van der Waals surface area contributed by atoms with Crippen molar-refractivity contribution in [1.82, 2.24) is 15.5 Å². The standard InChI is InChI=1S/C21H36N4O2/c1-5-22-21(23-11-12-25(4)6-2)24-15-18-10-9-17(3)14-20(18)27-16-19-8-7-13-26-19/h9-10,14,19H,5-8,11-13,15-16H2,1-4H3,(H2,22,23,24). The van der Waals surface area contributed by atoms with Crippen molar-refractivity contribution in [2.45, 2.75) is 46.3 Å². The van der Waals surface area contributed by atoms with Gasteiger partial charge >= 0.3 is 0 Å². The summed E-state index contributed by atoms with van der Waals surface area (Å²) in [5, 5.41) is 6.71. The van der Waals surface area contributed by atoms with Gasteiger partial charge in [0.05, 0.1) is 12.6 Å². The van der Waals surface area contributed by atoms with Gasteiger partial charge in [0.15, 0.2) is 5.96 Å². The molecule has 0 amide bonds. The number of aryl methyl sites for hydroxylation is 1. The molecule has 1 atom stereocenters. The van der Waals surface area contributed by atoms with E-state index in [1.807, 2.05) is 0 Å². The summed E-state index contributed by atoms with van der Waals surface area (Å²) < 4.78 is 11.8. The normalized spacial score (nSPS) is 17.4. The van der Waals surface area contributed by atoms with E-state index in [2.05, 4.69) is 61.6 Å². The molecular weight excluding hydrogens is 340 g/mol. The lowest BCUT2D eigenvalue weighted by Gasteiger charge is -2.17. The number of likely N-dealkylation sites (N-methyl/N-ethyl adjacent to an activating group) is 1. The van der Waals surface area contributed by atoms with Crippen molar-refractivity contribution in [3.05, 3.63) is 29.3 Å². The highest BCUT2D eigenvalue weighted by Crippen LogP contribution is 2.23. The first-order chi connectivity index (χ1) is 13.1. The molecule has 6 heteroatoms. The summed E-state index contributed by atoms with van der Waals surface area (Å²) >= 11 is 0. The minimum atomic E-state index is 0.219. The molecule has 1 saturated heterocycles. The van der Waals surface area contributed by atoms with Crippen LogP contribution in [0.4, 0.5) is 0 Å². The van der Waals surface area contributed by atoms with Gasteiger partial charge < -0.3 is 25.0 Å². The molecule has 1 unspecified atom stereocenters. The van der Waals surface area contributed by atoms with Crippen LogP contribution in [0.1, 0.15) is 37.8 Å². The zero-order valence-electron chi connectivity index (χ0n) is 17.4. The number of benzene rings is 1. The molecule has 2 N–H and O–H groups in total. The van der Waals surface area contributed by atoms with Crippen molar-refractivity contribution in [3.8, 4) is 5.75 Å². The highest BCUT2D eigenvalue weighted by Gasteiger charge is 2.17. The van der Waals surface area contributed by atoms with Crippen LogP contribution in [0.15, 0.2) is 23.2 Å². The first-order valence-corrected chi connectivity index (χ1v) is 10.2. The van der Waals surface area contributed by atoms with Crippen LogP contribution in [-0.4, -0.2) is 63.4 Å². The average Bonchev–Trinajstić information content (AvgIpc) is 3.18. The van der Waals surface area contributed by atoms with Crippen LogP contribution in [0.5, 0.6) is 5.75 Å². The Balaban J connectivity index is 1.96. The first-order valence-electron chi connectivity index (χ1n) is 10.2. The van der Waals surface area contributed by atoms with E-state index in [1.165, 1.54) is 5.56 Å². The van der Waals surface area contributed by atoms with Crippen LogP contribution in [0.2, 0.25) is 0 Å². The van der Waals surface area contributed by atoms with Crippen LogP contribution >= 0.6 is 0 Å².